The minimum Gasteiger partial charge on any atom is -0.494 e. The summed E-state index contributed by atoms with van der Waals surface area (Å²) in [7, 11) is 0. The molecule has 1 fully saturated rings. The van der Waals surface area contributed by atoms with Gasteiger partial charge in [-0.3, -0.25) is 14.6 Å². The lowest BCUT2D eigenvalue weighted by atomic mass is 9.95. The van der Waals surface area contributed by atoms with Crippen molar-refractivity contribution in [3.8, 4) is 5.75 Å². The third-order valence-electron chi connectivity index (χ3n) is 4.62. The molecule has 142 valence electrons. The fourth-order valence-corrected chi connectivity index (χ4v) is 3.21. The number of ether oxygens (including phenoxy) is 1. The Hall–Kier alpha value is -2.89. The molecule has 0 unspecified atom stereocenters. The molecule has 0 bridgehead atoms. The molecule has 1 heterocycles. The molecule has 1 aromatic heterocycles. The first kappa shape index (κ1) is 18.9. The molecule has 0 radical (unpaired) electrons. The monoisotopic (exact) mass is 367 g/mol. The maximum absolute atomic E-state index is 12.5. The lowest BCUT2D eigenvalue weighted by Gasteiger charge is -2.22. The molecule has 0 aliphatic heterocycles. The van der Waals surface area contributed by atoms with Crippen LogP contribution < -0.4 is 15.4 Å². The summed E-state index contributed by atoms with van der Waals surface area (Å²) in [4.78, 5) is 29.0. The SMILES string of the molecule is CCOc1ccc(NC(=O)c2ccnc(C(=O)NC3CCCCC3)c2)cc1. The first-order valence-corrected chi connectivity index (χ1v) is 9.47. The number of anilines is 1. The predicted molar refractivity (Wildman–Crippen MR) is 104 cm³/mol. The molecular weight excluding hydrogens is 342 g/mol. The zero-order chi connectivity index (χ0) is 19.1. The van der Waals surface area contributed by atoms with Gasteiger partial charge in [0.15, 0.2) is 0 Å². The molecule has 27 heavy (non-hydrogen) atoms. The summed E-state index contributed by atoms with van der Waals surface area (Å²) in [6.07, 6.45) is 7.01. The van der Waals surface area contributed by atoms with Crippen LogP contribution in [-0.4, -0.2) is 29.4 Å². The third kappa shape index (κ3) is 5.29. The van der Waals surface area contributed by atoms with E-state index in [0.29, 0.717) is 17.9 Å². The Morgan fingerprint density at radius 1 is 1.07 bits per heavy atom. The maximum Gasteiger partial charge on any atom is 0.270 e. The standard InChI is InChI=1S/C21H25N3O3/c1-2-27-18-10-8-17(9-11-18)23-20(25)15-12-13-22-19(14-15)21(26)24-16-6-4-3-5-7-16/h8-14,16H,2-7H2,1H3,(H,23,25)(H,24,26). The molecule has 0 saturated heterocycles. The van der Waals surface area contributed by atoms with E-state index < -0.39 is 0 Å². The van der Waals surface area contributed by atoms with Crippen LogP contribution in [0.5, 0.6) is 5.75 Å². The van der Waals surface area contributed by atoms with Crippen molar-refractivity contribution in [1.29, 1.82) is 0 Å². The van der Waals surface area contributed by atoms with Crippen molar-refractivity contribution >= 4 is 17.5 Å². The second kappa shape index (κ2) is 9.16. The Labute approximate surface area is 159 Å². The van der Waals surface area contributed by atoms with Crippen molar-refractivity contribution in [3.05, 3.63) is 53.9 Å². The van der Waals surface area contributed by atoms with E-state index in [1.54, 1.807) is 30.3 Å². The van der Waals surface area contributed by atoms with E-state index in [1.165, 1.54) is 18.7 Å². The Kier molecular flexibility index (Phi) is 6.41. The van der Waals surface area contributed by atoms with Gasteiger partial charge in [0.25, 0.3) is 11.8 Å². The molecule has 2 N–H and O–H groups in total. The van der Waals surface area contributed by atoms with Gasteiger partial charge in [0, 0.05) is 23.5 Å². The van der Waals surface area contributed by atoms with Crippen molar-refractivity contribution < 1.29 is 14.3 Å². The van der Waals surface area contributed by atoms with Gasteiger partial charge in [-0.25, -0.2) is 0 Å². The van der Waals surface area contributed by atoms with Crippen molar-refractivity contribution in [3.63, 3.8) is 0 Å². The van der Waals surface area contributed by atoms with Crippen molar-refractivity contribution in [2.24, 2.45) is 0 Å². The zero-order valence-electron chi connectivity index (χ0n) is 15.5. The highest BCUT2D eigenvalue weighted by Crippen LogP contribution is 2.18. The Bertz CT molecular complexity index is 784. The van der Waals surface area contributed by atoms with Crippen LogP contribution in [0.25, 0.3) is 0 Å². The van der Waals surface area contributed by atoms with E-state index in [0.717, 1.165) is 31.4 Å². The van der Waals surface area contributed by atoms with Gasteiger partial charge < -0.3 is 15.4 Å². The number of nitrogens with zero attached hydrogens (tertiary/aromatic N) is 1. The van der Waals surface area contributed by atoms with Gasteiger partial charge in [-0.1, -0.05) is 19.3 Å². The topological polar surface area (TPSA) is 80.3 Å². The van der Waals surface area contributed by atoms with Gasteiger partial charge in [-0.15, -0.1) is 0 Å². The van der Waals surface area contributed by atoms with Gasteiger partial charge >= 0.3 is 0 Å². The second-order valence-electron chi connectivity index (χ2n) is 6.65. The third-order valence-corrected chi connectivity index (χ3v) is 4.62. The van der Waals surface area contributed by atoms with Crippen LogP contribution in [0.4, 0.5) is 5.69 Å². The minimum atomic E-state index is -0.284. The summed E-state index contributed by atoms with van der Waals surface area (Å²) < 4.78 is 5.39. The van der Waals surface area contributed by atoms with E-state index in [-0.39, 0.29) is 23.6 Å². The molecule has 1 aliphatic rings. The number of carbonyl (C=O) groups is 2. The summed E-state index contributed by atoms with van der Waals surface area (Å²) in [6, 6.07) is 10.5. The number of hydrogen-bond donors (Lipinski definition) is 2. The van der Waals surface area contributed by atoms with Crippen LogP contribution in [-0.2, 0) is 0 Å². The van der Waals surface area contributed by atoms with Crippen LogP contribution in [0, 0.1) is 0 Å². The van der Waals surface area contributed by atoms with Gasteiger partial charge in [-0.2, -0.15) is 0 Å². The summed E-state index contributed by atoms with van der Waals surface area (Å²) in [5.41, 5.74) is 1.32. The maximum atomic E-state index is 12.5. The average molecular weight is 367 g/mol. The Morgan fingerprint density at radius 3 is 2.52 bits per heavy atom. The highest BCUT2D eigenvalue weighted by atomic mass is 16.5. The van der Waals surface area contributed by atoms with Crippen LogP contribution in [0.15, 0.2) is 42.6 Å². The first-order chi connectivity index (χ1) is 13.2. The molecule has 3 rings (SSSR count). The highest BCUT2D eigenvalue weighted by Gasteiger charge is 2.18. The molecule has 1 aromatic carbocycles. The Morgan fingerprint density at radius 2 is 1.81 bits per heavy atom. The molecule has 2 aromatic rings. The van der Waals surface area contributed by atoms with Crippen LogP contribution >= 0.6 is 0 Å². The average Bonchev–Trinajstić information content (AvgIpc) is 2.70. The number of aromatic nitrogens is 1. The van der Waals surface area contributed by atoms with E-state index >= 15 is 0 Å². The molecule has 1 saturated carbocycles. The summed E-state index contributed by atoms with van der Waals surface area (Å²) in [6.45, 7) is 2.51. The second-order valence-corrected chi connectivity index (χ2v) is 6.65. The lowest BCUT2D eigenvalue weighted by Crippen LogP contribution is -2.36. The largest absolute Gasteiger partial charge is 0.494 e. The fourth-order valence-electron chi connectivity index (χ4n) is 3.21. The number of carbonyl (C=O) groups excluding carboxylic acids is 2. The van der Waals surface area contributed by atoms with E-state index in [2.05, 4.69) is 15.6 Å². The first-order valence-electron chi connectivity index (χ1n) is 9.47. The number of amides is 2. The van der Waals surface area contributed by atoms with Crippen LogP contribution in [0.3, 0.4) is 0 Å². The predicted octanol–water partition coefficient (Wildman–Crippen LogP) is 3.80. The van der Waals surface area contributed by atoms with Gasteiger partial charge in [0.1, 0.15) is 11.4 Å². The number of pyridine rings is 1. The number of nitrogens with one attached hydrogen (secondary N) is 2. The number of hydrogen-bond acceptors (Lipinski definition) is 4. The smallest absolute Gasteiger partial charge is 0.270 e. The van der Waals surface area contributed by atoms with Gasteiger partial charge in [0.05, 0.1) is 6.61 Å². The molecule has 6 heteroatoms. The number of benzene rings is 1. The van der Waals surface area contributed by atoms with E-state index in [9.17, 15) is 9.59 Å². The van der Waals surface area contributed by atoms with Crippen molar-refractivity contribution in [2.45, 2.75) is 45.1 Å². The highest BCUT2D eigenvalue weighted by molar-refractivity contribution is 6.05. The van der Waals surface area contributed by atoms with Gasteiger partial charge in [0.2, 0.25) is 0 Å². The molecule has 0 spiro atoms. The summed E-state index contributed by atoms with van der Waals surface area (Å²) in [5.74, 6) is 0.243. The molecule has 1 aliphatic carbocycles. The fraction of sp³-hybridized carbons (Fsp3) is 0.381. The lowest BCUT2D eigenvalue weighted by molar-refractivity contribution is 0.0922. The van der Waals surface area contributed by atoms with E-state index in [4.69, 9.17) is 4.74 Å². The molecular formula is C21H25N3O3. The molecule has 2 amide bonds. The zero-order valence-corrected chi connectivity index (χ0v) is 15.5. The van der Waals surface area contributed by atoms with Crippen molar-refractivity contribution in [2.75, 3.05) is 11.9 Å². The summed E-state index contributed by atoms with van der Waals surface area (Å²) in [5, 5.41) is 5.84. The quantitative estimate of drug-likeness (QED) is 0.814. The molecule has 0 atom stereocenters. The summed E-state index contributed by atoms with van der Waals surface area (Å²) >= 11 is 0. The normalized spacial score (nSPS) is 14.4. The minimum absolute atomic E-state index is 0.203. The van der Waals surface area contributed by atoms with Crippen LogP contribution in [0.1, 0.15) is 59.9 Å². The van der Waals surface area contributed by atoms with Gasteiger partial charge in [-0.05, 0) is 56.2 Å². The number of rotatable bonds is 6. The Balaban J connectivity index is 1.63. The van der Waals surface area contributed by atoms with Crippen LogP contribution in [0.2, 0.25) is 0 Å². The van der Waals surface area contributed by atoms with E-state index in [1.807, 2.05) is 6.92 Å². The molecule has 6 nitrogen and oxygen atoms in total. The van der Waals surface area contributed by atoms with Crippen molar-refractivity contribution in [1.82, 2.24) is 10.3 Å².